The summed E-state index contributed by atoms with van der Waals surface area (Å²) in [6, 6.07) is 18.6. The van der Waals surface area contributed by atoms with Gasteiger partial charge in [0.25, 0.3) is 15.9 Å². The van der Waals surface area contributed by atoms with Gasteiger partial charge in [-0.25, -0.2) is 8.42 Å². The number of nitrogens with one attached hydrogen (secondary N) is 1. The Hall–Kier alpha value is -3.13. The number of carbonyl (C=O) groups is 1. The van der Waals surface area contributed by atoms with Crippen molar-refractivity contribution in [1.29, 1.82) is 0 Å². The first-order valence-corrected chi connectivity index (χ1v) is 13.3. The van der Waals surface area contributed by atoms with E-state index in [2.05, 4.69) is 9.71 Å². The van der Waals surface area contributed by atoms with Crippen molar-refractivity contribution in [2.45, 2.75) is 17.7 Å². The van der Waals surface area contributed by atoms with Gasteiger partial charge in [0.05, 0.1) is 26.3 Å². The Bertz CT molecular complexity index is 1550. The van der Waals surface area contributed by atoms with Gasteiger partial charge in [-0.05, 0) is 60.7 Å². The molecule has 1 N–H and O–H groups in total. The molecule has 1 aliphatic heterocycles. The Morgan fingerprint density at radius 1 is 0.914 bits per heavy atom. The molecule has 4 aromatic rings. The van der Waals surface area contributed by atoms with Crippen LogP contribution in [0.15, 0.2) is 77.8 Å². The number of pyridine rings is 1. The zero-order chi connectivity index (χ0) is 24.6. The first-order valence-electron chi connectivity index (χ1n) is 11.1. The molecule has 0 aliphatic carbocycles. The smallest absolute Gasteiger partial charge is 0.261 e. The second-order valence-electron chi connectivity index (χ2n) is 8.32. The third-order valence-electron chi connectivity index (χ3n) is 6.03. The molecule has 1 aromatic heterocycles. The molecule has 1 saturated heterocycles. The molecule has 178 valence electrons. The van der Waals surface area contributed by atoms with E-state index >= 15 is 0 Å². The number of rotatable bonds is 5. The normalized spacial score (nSPS) is 13.8. The lowest BCUT2D eigenvalue weighted by molar-refractivity contribution is 0.0793. The van der Waals surface area contributed by atoms with Crippen LogP contribution < -0.4 is 4.72 Å². The van der Waals surface area contributed by atoms with Crippen molar-refractivity contribution in [2.75, 3.05) is 17.8 Å². The molecule has 0 unspecified atom stereocenters. The van der Waals surface area contributed by atoms with Gasteiger partial charge < -0.3 is 4.90 Å². The second kappa shape index (κ2) is 9.49. The van der Waals surface area contributed by atoms with Gasteiger partial charge in [0.15, 0.2) is 0 Å². The van der Waals surface area contributed by atoms with Crippen LogP contribution in [0.2, 0.25) is 10.0 Å². The van der Waals surface area contributed by atoms with Crippen LogP contribution in [0.1, 0.15) is 23.2 Å². The molecular formula is C26H21Cl2N3O3S. The molecule has 0 bridgehead atoms. The van der Waals surface area contributed by atoms with Crippen LogP contribution in [-0.4, -0.2) is 37.3 Å². The third-order valence-corrected chi connectivity index (χ3v) is 8.04. The predicted octanol–water partition coefficient (Wildman–Crippen LogP) is 6.25. The summed E-state index contributed by atoms with van der Waals surface area (Å²) in [5.74, 6) is -0.108. The number of carbonyl (C=O) groups excluding carboxylic acids is 1. The molecule has 1 amide bonds. The average molecular weight is 526 g/mol. The summed E-state index contributed by atoms with van der Waals surface area (Å²) in [6.07, 6.45) is 3.63. The average Bonchev–Trinajstić information content (AvgIpc) is 3.40. The maximum absolute atomic E-state index is 13.2. The summed E-state index contributed by atoms with van der Waals surface area (Å²) in [6.45, 7) is 1.44. The molecule has 35 heavy (non-hydrogen) atoms. The fourth-order valence-electron chi connectivity index (χ4n) is 4.22. The minimum absolute atomic E-state index is 0.0138. The van der Waals surface area contributed by atoms with Crippen LogP contribution in [0.25, 0.3) is 22.0 Å². The Balaban J connectivity index is 1.46. The zero-order valence-corrected chi connectivity index (χ0v) is 20.9. The van der Waals surface area contributed by atoms with E-state index in [0.717, 1.165) is 36.7 Å². The Labute approximate surface area is 213 Å². The van der Waals surface area contributed by atoms with Gasteiger partial charge in [0, 0.05) is 35.8 Å². The van der Waals surface area contributed by atoms with Crippen LogP contribution in [0, 0.1) is 0 Å². The lowest BCUT2D eigenvalue weighted by atomic mass is 10.0. The number of anilines is 1. The van der Waals surface area contributed by atoms with Crippen molar-refractivity contribution < 1.29 is 13.2 Å². The van der Waals surface area contributed by atoms with E-state index in [1.165, 1.54) is 30.3 Å². The highest BCUT2D eigenvalue weighted by molar-refractivity contribution is 7.92. The summed E-state index contributed by atoms with van der Waals surface area (Å²) in [4.78, 5) is 18.9. The second-order valence-corrected chi connectivity index (χ2v) is 10.8. The number of sulfonamides is 1. The fourth-order valence-corrected chi connectivity index (χ4v) is 5.82. The van der Waals surface area contributed by atoms with Gasteiger partial charge in [-0.15, -0.1) is 0 Å². The van der Waals surface area contributed by atoms with E-state index in [1.54, 1.807) is 17.2 Å². The quantitative estimate of drug-likeness (QED) is 0.334. The summed E-state index contributed by atoms with van der Waals surface area (Å²) >= 11 is 12.8. The molecule has 0 radical (unpaired) electrons. The van der Waals surface area contributed by atoms with Crippen LogP contribution in [0.5, 0.6) is 0 Å². The monoisotopic (exact) mass is 525 g/mol. The van der Waals surface area contributed by atoms with E-state index in [9.17, 15) is 13.2 Å². The number of amides is 1. The molecule has 1 aliphatic rings. The summed E-state index contributed by atoms with van der Waals surface area (Å²) < 4.78 is 29.0. The van der Waals surface area contributed by atoms with Crippen molar-refractivity contribution in [1.82, 2.24) is 9.88 Å². The lowest BCUT2D eigenvalue weighted by Gasteiger charge is -2.16. The van der Waals surface area contributed by atoms with Crippen molar-refractivity contribution in [3.05, 3.63) is 88.5 Å². The first kappa shape index (κ1) is 23.6. The first-order chi connectivity index (χ1) is 16.8. The van der Waals surface area contributed by atoms with E-state index in [1.807, 2.05) is 30.3 Å². The number of nitrogens with zero attached hydrogens (tertiary/aromatic N) is 2. The molecule has 0 atom stereocenters. The van der Waals surface area contributed by atoms with Gasteiger partial charge >= 0.3 is 0 Å². The highest BCUT2D eigenvalue weighted by Gasteiger charge is 2.22. The number of hydrogen-bond donors (Lipinski definition) is 1. The Morgan fingerprint density at radius 2 is 1.69 bits per heavy atom. The number of benzene rings is 3. The van der Waals surface area contributed by atoms with E-state index in [0.29, 0.717) is 21.8 Å². The zero-order valence-electron chi connectivity index (χ0n) is 18.5. The number of hydrogen-bond acceptors (Lipinski definition) is 4. The number of aromatic nitrogens is 1. The van der Waals surface area contributed by atoms with E-state index in [4.69, 9.17) is 23.2 Å². The van der Waals surface area contributed by atoms with Crippen LogP contribution >= 0.6 is 23.2 Å². The van der Waals surface area contributed by atoms with Crippen LogP contribution in [0.3, 0.4) is 0 Å². The predicted molar refractivity (Wildman–Crippen MR) is 140 cm³/mol. The molecule has 5 rings (SSSR count). The van der Waals surface area contributed by atoms with Crippen LogP contribution in [0.4, 0.5) is 5.69 Å². The molecule has 0 saturated carbocycles. The largest absolute Gasteiger partial charge is 0.339 e. The van der Waals surface area contributed by atoms with Gasteiger partial charge in [0.2, 0.25) is 0 Å². The van der Waals surface area contributed by atoms with Crippen molar-refractivity contribution in [3.63, 3.8) is 0 Å². The molecule has 0 spiro atoms. The fraction of sp³-hybridized carbons (Fsp3) is 0.154. The third kappa shape index (κ3) is 4.72. The maximum atomic E-state index is 13.2. The lowest BCUT2D eigenvalue weighted by Crippen LogP contribution is -2.27. The molecule has 1 fully saturated rings. The Morgan fingerprint density at radius 3 is 2.46 bits per heavy atom. The summed E-state index contributed by atoms with van der Waals surface area (Å²) in [5, 5.41) is 2.36. The molecule has 6 nitrogen and oxygen atoms in total. The standard InChI is InChI=1S/C26H21Cl2N3O3S/c27-22-9-8-19(16-21(22)25-20-6-2-1-5-17(20)11-12-29-25)35(33,34)30-24-10-7-18(15-23(24)28)26(32)31-13-3-4-14-31/h1-2,5-12,15-16,30H,3-4,13-14H2. The Kier molecular flexibility index (Phi) is 6.40. The molecule has 3 aromatic carbocycles. The minimum Gasteiger partial charge on any atom is -0.339 e. The van der Waals surface area contributed by atoms with Gasteiger partial charge in [-0.2, -0.15) is 0 Å². The van der Waals surface area contributed by atoms with E-state index < -0.39 is 10.0 Å². The van der Waals surface area contributed by atoms with Crippen molar-refractivity contribution in [2.24, 2.45) is 0 Å². The minimum atomic E-state index is -4.00. The maximum Gasteiger partial charge on any atom is 0.261 e. The molecular weight excluding hydrogens is 505 g/mol. The van der Waals surface area contributed by atoms with Gasteiger partial charge in [0.1, 0.15) is 0 Å². The SMILES string of the molecule is O=C(c1ccc(NS(=O)(=O)c2ccc(Cl)c(-c3nccc4ccccc34)c2)c(Cl)c1)N1CCCC1. The van der Waals surface area contributed by atoms with E-state index in [-0.39, 0.29) is 21.5 Å². The molecule has 9 heteroatoms. The number of halogens is 2. The highest BCUT2D eigenvalue weighted by atomic mass is 35.5. The van der Waals surface area contributed by atoms with Crippen molar-refractivity contribution >= 4 is 55.6 Å². The van der Waals surface area contributed by atoms with Crippen LogP contribution in [-0.2, 0) is 10.0 Å². The summed E-state index contributed by atoms with van der Waals surface area (Å²) in [7, 11) is -4.00. The highest BCUT2D eigenvalue weighted by Crippen LogP contribution is 2.34. The van der Waals surface area contributed by atoms with Crippen molar-refractivity contribution in [3.8, 4) is 11.3 Å². The topological polar surface area (TPSA) is 79.4 Å². The number of likely N-dealkylation sites (tertiary alicyclic amines) is 1. The molecule has 2 heterocycles. The summed E-state index contributed by atoms with van der Waals surface area (Å²) in [5.41, 5.74) is 1.71. The van der Waals surface area contributed by atoms with Gasteiger partial charge in [-0.1, -0.05) is 47.5 Å². The van der Waals surface area contributed by atoms with Gasteiger partial charge in [-0.3, -0.25) is 14.5 Å². The number of fused-ring (bicyclic) bond motifs is 1.